The fraction of sp³-hybridized carbons (Fsp3) is 0.348. The average molecular weight is 460 g/mol. The summed E-state index contributed by atoms with van der Waals surface area (Å²) in [4.78, 5) is 20.4. The van der Waals surface area contributed by atoms with Gasteiger partial charge in [-0.3, -0.25) is 4.79 Å². The van der Waals surface area contributed by atoms with Crippen molar-refractivity contribution in [3.05, 3.63) is 46.8 Å². The normalized spacial score (nSPS) is 16.3. The Morgan fingerprint density at radius 3 is 2.64 bits per heavy atom. The Hall–Kier alpha value is -3.56. The van der Waals surface area contributed by atoms with Crippen LogP contribution in [-0.2, 0) is 17.4 Å². The number of rotatable bonds is 4. The molecule has 33 heavy (non-hydrogen) atoms. The van der Waals surface area contributed by atoms with E-state index in [-0.39, 0.29) is 17.5 Å². The molecule has 2 aromatic carbocycles. The second-order valence-corrected chi connectivity index (χ2v) is 8.24. The number of alkyl halides is 3. The number of anilines is 2. The molecule has 0 spiro atoms. The van der Waals surface area contributed by atoms with E-state index in [0.717, 1.165) is 17.7 Å². The lowest BCUT2D eigenvalue weighted by Gasteiger charge is -2.20. The molecule has 1 aliphatic heterocycles. The fourth-order valence-corrected chi connectivity index (χ4v) is 4.00. The molecule has 0 bridgehead atoms. The number of carbonyl (C=O) groups is 1. The molecule has 2 atom stereocenters. The molecule has 0 saturated carbocycles. The number of nitrogens with zero attached hydrogens (tertiary/aromatic N) is 2. The zero-order valence-electron chi connectivity index (χ0n) is 18.5. The molecule has 3 N–H and O–H groups in total. The van der Waals surface area contributed by atoms with Gasteiger partial charge < -0.3 is 20.5 Å². The van der Waals surface area contributed by atoms with Gasteiger partial charge in [0.1, 0.15) is 17.7 Å². The number of hydrogen-bond acceptors (Lipinski definition) is 6. The van der Waals surface area contributed by atoms with Crippen molar-refractivity contribution in [3.8, 4) is 11.5 Å². The standard InChI is InChI=1S/C23H23F3N4O3/c1-10-5-17-20-18(9-19(32)21(17)33-10)22(29-12(3)28-20)27-11(2)14-6-15(23(24,25)26)8-16(7-14)30-13(4)31/h6-11,32H,5H2,1-4H3,(H,30,31)(H,27,28,29)/t10?,11-/m1/s1. The average Bonchev–Trinajstić information content (AvgIpc) is 3.10. The molecule has 10 heteroatoms. The van der Waals surface area contributed by atoms with Crippen LogP contribution >= 0.6 is 0 Å². The van der Waals surface area contributed by atoms with Crippen LogP contribution in [0.3, 0.4) is 0 Å². The van der Waals surface area contributed by atoms with Gasteiger partial charge in [-0.1, -0.05) is 0 Å². The molecule has 0 fully saturated rings. The highest BCUT2D eigenvalue weighted by molar-refractivity contribution is 5.95. The summed E-state index contributed by atoms with van der Waals surface area (Å²) >= 11 is 0. The third-order valence-electron chi connectivity index (χ3n) is 5.40. The van der Waals surface area contributed by atoms with E-state index >= 15 is 0 Å². The van der Waals surface area contributed by atoms with E-state index in [9.17, 15) is 23.1 Å². The minimum absolute atomic E-state index is 0.0444. The van der Waals surface area contributed by atoms with Gasteiger partial charge in [0, 0.05) is 30.0 Å². The number of aromatic nitrogens is 2. The van der Waals surface area contributed by atoms with Crippen molar-refractivity contribution in [1.82, 2.24) is 9.97 Å². The maximum Gasteiger partial charge on any atom is 0.416 e. The molecular weight excluding hydrogens is 437 g/mol. The molecule has 4 rings (SSSR count). The number of hydrogen-bond donors (Lipinski definition) is 3. The molecule has 2 heterocycles. The van der Waals surface area contributed by atoms with Crippen LogP contribution in [-0.4, -0.2) is 27.1 Å². The van der Waals surface area contributed by atoms with Crippen LogP contribution in [0.2, 0.25) is 0 Å². The number of fused-ring (bicyclic) bond motifs is 3. The number of benzene rings is 2. The maximum absolute atomic E-state index is 13.4. The van der Waals surface area contributed by atoms with E-state index < -0.39 is 23.7 Å². The number of phenolic OH excluding ortho intramolecular Hbond substituents is 1. The van der Waals surface area contributed by atoms with Crippen LogP contribution in [0, 0.1) is 6.92 Å². The highest BCUT2D eigenvalue weighted by Crippen LogP contribution is 2.43. The van der Waals surface area contributed by atoms with Crippen LogP contribution in [0.5, 0.6) is 11.5 Å². The van der Waals surface area contributed by atoms with Crippen LogP contribution in [0.25, 0.3) is 10.9 Å². The highest BCUT2D eigenvalue weighted by atomic mass is 19.4. The second kappa shape index (κ2) is 8.09. The summed E-state index contributed by atoms with van der Waals surface area (Å²) in [5, 5.41) is 16.6. The SMILES string of the molecule is CC(=O)Nc1cc([C@@H](C)Nc2nc(C)nc3c4c(c(O)cc23)OC(C)C4)cc(C(F)(F)F)c1. The van der Waals surface area contributed by atoms with E-state index in [1.165, 1.54) is 19.1 Å². The monoisotopic (exact) mass is 460 g/mol. The van der Waals surface area contributed by atoms with E-state index in [1.807, 2.05) is 6.92 Å². The second-order valence-electron chi connectivity index (χ2n) is 8.24. The predicted molar refractivity (Wildman–Crippen MR) is 118 cm³/mol. The molecule has 1 aliphatic rings. The molecule has 174 valence electrons. The summed E-state index contributed by atoms with van der Waals surface area (Å²) < 4.78 is 46.0. The van der Waals surface area contributed by atoms with Gasteiger partial charge in [-0.25, -0.2) is 9.97 Å². The molecule has 0 radical (unpaired) electrons. The smallest absolute Gasteiger partial charge is 0.416 e. The van der Waals surface area contributed by atoms with Gasteiger partial charge in [-0.2, -0.15) is 13.2 Å². The summed E-state index contributed by atoms with van der Waals surface area (Å²) in [5.41, 5.74) is 0.873. The number of carbonyl (C=O) groups excluding carboxylic acids is 1. The van der Waals surface area contributed by atoms with Gasteiger partial charge in [0.2, 0.25) is 5.91 Å². The van der Waals surface area contributed by atoms with Gasteiger partial charge in [0.05, 0.1) is 17.1 Å². The van der Waals surface area contributed by atoms with Crippen molar-refractivity contribution in [1.29, 1.82) is 0 Å². The van der Waals surface area contributed by atoms with Gasteiger partial charge in [-0.05, 0) is 50.6 Å². The van der Waals surface area contributed by atoms with Crippen LogP contribution in [0.15, 0.2) is 24.3 Å². The molecule has 0 saturated heterocycles. The lowest BCUT2D eigenvalue weighted by Crippen LogP contribution is -2.14. The van der Waals surface area contributed by atoms with Crippen LogP contribution in [0.4, 0.5) is 24.7 Å². The first kappa shape index (κ1) is 22.6. The number of halogens is 3. The topological polar surface area (TPSA) is 96.4 Å². The molecule has 0 aliphatic carbocycles. The molecular formula is C23H23F3N4O3. The zero-order valence-corrected chi connectivity index (χ0v) is 18.5. The number of ether oxygens (including phenoxy) is 1. The lowest BCUT2D eigenvalue weighted by molar-refractivity contribution is -0.137. The minimum atomic E-state index is -4.58. The number of amides is 1. The Morgan fingerprint density at radius 1 is 1.24 bits per heavy atom. The van der Waals surface area contributed by atoms with E-state index in [4.69, 9.17) is 4.74 Å². The minimum Gasteiger partial charge on any atom is -0.504 e. The summed E-state index contributed by atoms with van der Waals surface area (Å²) in [6.45, 7) is 6.52. The van der Waals surface area contributed by atoms with Crippen molar-refractivity contribution < 1.29 is 27.8 Å². The molecule has 7 nitrogen and oxygen atoms in total. The van der Waals surface area contributed by atoms with Crippen LogP contribution in [0.1, 0.15) is 49.3 Å². The first-order valence-corrected chi connectivity index (χ1v) is 10.4. The highest BCUT2D eigenvalue weighted by Gasteiger charge is 2.32. The third kappa shape index (κ3) is 4.50. The van der Waals surface area contributed by atoms with E-state index in [0.29, 0.717) is 40.3 Å². The summed E-state index contributed by atoms with van der Waals surface area (Å²) in [6, 6.07) is 4.29. The molecule has 1 amide bonds. The zero-order chi connectivity index (χ0) is 24.1. The van der Waals surface area contributed by atoms with Crippen molar-refractivity contribution in [2.75, 3.05) is 10.6 Å². The summed E-state index contributed by atoms with van der Waals surface area (Å²) in [5.74, 6) is 0.717. The molecule has 3 aromatic rings. The van der Waals surface area contributed by atoms with Gasteiger partial charge >= 0.3 is 6.18 Å². The lowest BCUT2D eigenvalue weighted by atomic mass is 10.0. The summed E-state index contributed by atoms with van der Waals surface area (Å²) in [7, 11) is 0. The van der Waals surface area contributed by atoms with Gasteiger partial charge in [-0.15, -0.1) is 0 Å². The largest absolute Gasteiger partial charge is 0.504 e. The van der Waals surface area contributed by atoms with Crippen LogP contribution < -0.4 is 15.4 Å². The Bertz CT molecular complexity index is 1260. The first-order valence-electron chi connectivity index (χ1n) is 10.4. The fourth-order valence-electron chi connectivity index (χ4n) is 4.00. The maximum atomic E-state index is 13.4. The Labute approximate surface area is 188 Å². The molecule has 1 aromatic heterocycles. The van der Waals surface area contributed by atoms with Crippen molar-refractivity contribution in [2.45, 2.75) is 52.4 Å². The molecule has 1 unspecified atom stereocenters. The number of aryl methyl sites for hydroxylation is 1. The van der Waals surface area contributed by atoms with E-state index in [1.54, 1.807) is 13.8 Å². The number of nitrogens with one attached hydrogen (secondary N) is 2. The quantitative estimate of drug-likeness (QED) is 0.500. The number of phenols is 1. The van der Waals surface area contributed by atoms with Crippen molar-refractivity contribution in [3.63, 3.8) is 0 Å². The van der Waals surface area contributed by atoms with Gasteiger partial charge in [0.25, 0.3) is 0 Å². The Morgan fingerprint density at radius 2 is 1.97 bits per heavy atom. The summed E-state index contributed by atoms with van der Waals surface area (Å²) in [6.07, 6.45) is -4.12. The first-order chi connectivity index (χ1) is 15.4. The van der Waals surface area contributed by atoms with Crippen molar-refractivity contribution >= 4 is 28.3 Å². The Balaban J connectivity index is 1.77. The van der Waals surface area contributed by atoms with E-state index in [2.05, 4.69) is 20.6 Å². The Kier molecular flexibility index (Phi) is 5.55. The van der Waals surface area contributed by atoms with Crippen molar-refractivity contribution in [2.24, 2.45) is 0 Å². The number of aromatic hydroxyl groups is 1. The third-order valence-corrected chi connectivity index (χ3v) is 5.40. The van der Waals surface area contributed by atoms with Gasteiger partial charge in [0.15, 0.2) is 11.5 Å². The predicted octanol–water partition coefficient (Wildman–Crippen LogP) is 5.12.